The molecule has 160 valence electrons. The van der Waals surface area contributed by atoms with Crippen LogP contribution in [0.15, 0.2) is 54.2 Å². The van der Waals surface area contributed by atoms with Crippen LogP contribution in [0.2, 0.25) is 5.02 Å². The van der Waals surface area contributed by atoms with Crippen molar-refractivity contribution >= 4 is 35.6 Å². The highest BCUT2D eigenvalue weighted by Crippen LogP contribution is 2.36. The molecule has 30 heavy (non-hydrogen) atoms. The molecule has 1 aromatic heterocycles. The molecule has 0 saturated heterocycles. The molecule has 1 aromatic carbocycles. The minimum Gasteiger partial charge on any atom is -0.495 e. The second kappa shape index (κ2) is 10.1. The van der Waals surface area contributed by atoms with Gasteiger partial charge in [0.1, 0.15) is 5.75 Å². The second-order valence-electron chi connectivity index (χ2n) is 7.46. The number of aryl methyl sites for hydroxylation is 1. The lowest BCUT2D eigenvalue weighted by atomic mass is 9.76. The molecule has 2 atom stereocenters. The number of imidazole rings is 1. The van der Waals surface area contributed by atoms with Crippen LogP contribution in [-0.4, -0.2) is 39.8 Å². The van der Waals surface area contributed by atoms with Crippen LogP contribution in [0.25, 0.3) is 0 Å². The van der Waals surface area contributed by atoms with E-state index in [1.807, 2.05) is 35.3 Å². The van der Waals surface area contributed by atoms with Gasteiger partial charge in [0.15, 0.2) is 0 Å². The quantitative estimate of drug-likeness (QED) is 0.460. The molecule has 0 radical (unpaired) electrons. The summed E-state index contributed by atoms with van der Waals surface area (Å²) in [4.78, 5) is 17.1. The molecule has 0 fully saturated rings. The van der Waals surface area contributed by atoms with Crippen LogP contribution >= 0.6 is 24.0 Å². The van der Waals surface area contributed by atoms with Gasteiger partial charge in [-0.05, 0) is 49.4 Å². The first-order chi connectivity index (χ1) is 14.2. The fourth-order valence-electron chi connectivity index (χ4n) is 4.07. The first-order valence-electron chi connectivity index (χ1n) is 10.0. The summed E-state index contributed by atoms with van der Waals surface area (Å²) in [6.07, 6.45) is 13.2. The minimum atomic E-state index is -0.0537. The maximum absolute atomic E-state index is 13.1. The number of amides is 1. The monoisotopic (exact) mass is 448 g/mol. The number of fused-ring (bicyclic) bond motifs is 1. The van der Waals surface area contributed by atoms with Gasteiger partial charge in [-0.25, -0.2) is 9.99 Å². The van der Waals surface area contributed by atoms with Gasteiger partial charge in [0, 0.05) is 31.4 Å². The summed E-state index contributed by atoms with van der Waals surface area (Å²) < 4.78 is 7.32. The van der Waals surface area contributed by atoms with Crippen molar-refractivity contribution in [3.8, 4) is 5.75 Å². The van der Waals surface area contributed by atoms with Crippen LogP contribution in [-0.2, 0) is 11.3 Å². The Morgan fingerprint density at radius 1 is 1.17 bits per heavy atom. The topological polar surface area (TPSA) is 59.7 Å². The summed E-state index contributed by atoms with van der Waals surface area (Å²) >= 11 is 6.36. The number of unbranched alkanes of at least 4 members (excludes halogenated alkanes) is 1. The molecule has 1 amide bonds. The number of benzene rings is 1. The van der Waals surface area contributed by atoms with Crippen molar-refractivity contribution < 1.29 is 9.53 Å². The van der Waals surface area contributed by atoms with Gasteiger partial charge in [0.2, 0.25) is 5.91 Å². The number of hydrazone groups is 1. The van der Waals surface area contributed by atoms with Crippen molar-refractivity contribution in [2.45, 2.75) is 32.2 Å². The fraction of sp³-hybridized carbons (Fsp3) is 0.409. The zero-order chi connectivity index (χ0) is 20.2. The third-order valence-corrected chi connectivity index (χ3v) is 5.92. The van der Waals surface area contributed by atoms with E-state index in [0.29, 0.717) is 17.3 Å². The van der Waals surface area contributed by atoms with Gasteiger partial charge in [0.05, 0.1) is 30.1 Å². The summed E-state index contributed by atoms with van der Waals surface area (Å²) in [6, 6.07) is 5.73. The number of carbonyl (C=O) groups excluding carboxylic acids is 1. The van der Waals surface area contributed by atoms with Crippen molar-refractivity contribution in [2.75, 3.05) is 13.7 Å². The number of aromatic nitrogens is 2. The van der Waals surface area contributed by atoms with Crippen molar-refractivity contribution in [1.29, 1.82) is 0 Å². The highest BCUT2D eigenvalue weighted by Gasteiger charge is 2.39. The summed E-state index contributed by atoms with van der Waals surface area (Å²) in [5, 5.41) is 7.02. The Kier molecular flexibility index (Phi) is 7.56. The molecular weight excluding hydrogens is 423 g/mol. The lowest BCUT2D eigenvalue weighted by Crippen LogP contribution is -2.45. The Labute approximate surface area is 188 Å². The lowest BCUT2D eigenvalue weighted by molar-refractivity contribution is -0.137. The largest absolute Gasteiger partial charge is 0.495 e. The molecule has 0 bridgehead atoms. The molecule has 0 saturated carbocycles. The van der Waals surface area contributed by atoms with Crippen LogP contribution in [0.5, 0.6) is 5.75 Å². The first kappa shape index (κ1) is 22.4. The fourth-order valence-corrected chi connectivity index (χ4v) is 4.32. The molecule has 1 aliphatic carbocycles. The van der Waals surface area contributed by atoms with E-state index in [4.69, 9.17) is 21.4 Å². The maximum atomic E-state index is 13.1. The molecule has 2 aromatic rings. The number of carbonyl (C=O) groups is 1. The van der Waals surface area contributed by atoms with E-state index >= 15 is 0 Å². The highest BCUT2D eigenvalue weighted by atomic mass is 35.5. The molecule has 2 unspecified atom stereocenters. The van der Waals surface area contributed by atoms with E-state index in [1.54, 1.807) is 18.3 Å². The van der Waals surface area contributed by atoms with Crippen LogP contribution < -0.4 is 4.74 Å². The van der Waals surface area contributed by atoms with Crippen LogP contribution in [0.4, 0.5) is 0 Å². The summed E-state index contributed by atoms with van der Waals surface area (Å²) in [7, 11) is 1.60. The van der Waals surface area contributed by atoms with E-state index in [0.717, 1.165) is 43.5 Å². The SMILES string of the molecule is COc1ccc(C2=NN(CCCCn3ccnc3)C(=O)C3CC=CCC23)cc1Cl.Cl. The summed E-state index contributed by atoms with van der Waals surface area (Å²) in [5.41, 5.74) is 1.90. The van der Waals surface area contributed by atoms with Gasteiger partial charge >= 0.3 is 0 Å². The number of methoxy groups -OCH3 is 1. The molecule has 2 heterocycles. The predicted octanol–water partition coefficient (Wildman–Crippen LogP) is 4.58. The summed E-state index contributed by atoms with van der Waals surface area (Å²) in [6.45, 7) is 1.51. The van der Waals surface area contributed by atoms with E-state index < -0.39 is 0 Å². The third kappa shape index (κ3) is 4.71. The lowest BCUT2D eigenvalue weighted by Gasteiger charge is -2.37. The molecule has 1 aliphatic heterocycles. The Bertz CT molecular complexity index is 927. The number of hydrogen-bond donors (Lipinski definition) is 0. The Balaban J connectivity index is 0.00000256. The molecule has 4 rings (SSSR count). The summed E-state index contributed by atoms with van der Waals surface area (Å²) in [5.74, 6) is 0.811. The van der Waals surface area contributed by atoms with Crippen LogP contribution in [0.3, 0.4) is 0 Å². The van der Waals surface area contributed by atoms with Crippen LogP contribution in [0, 0.1) is 11.8 Å². The van der Waals surface area contributed by atoms with Crippen molar-refractivity contribution in [3.63, 3.8) is 0 Å². The number of rotatable bonds is 7. The van der Waals surface area contributed by atoms with Crippen molar-refractivity contribution in [2.24, 2.45) is 16.9 Å². The van der Waals surface area contributed by atoms with E-state index in [1.165, 1.54) is 0 Å². The van der Waals surface area contributed by atoms with Gasteiger partial charge in [-0.2, -0.15) is 5.10 Å². The molecule has 0 N–H and O–H groups in total. The van der Waals surface area contributed by atoms with Gasteiger partial charge in [0.25, 0.3) is 0 Å². The molecular formula is C22H26Cl2N4O2. The molecule has 8 heteroatoms. The number of hydrogen-bond acceptors (Lipinski definition) is 4. The van der Waals surface area contributed by atoms with Gasteiger partial charge in [-0.1, -0.05) is 23.8 Å². The Morgan fingerprint density at radius 2 is 1.93 bits per heavy atom. The Morgan fingerprint density at radius 3 is 2.63 bits per heavy atom. The number of allylic oxidation sites excluding steroid dienone is 2. The number of halogens is 2. The second-order valence-corrected chi connectivity index (χ2v) is 7.87. The molecule has 0 spiro atoms. The van der Waals surface area contributed by atoms with Gasteiger partial charge < -0.3 is 9.30 Å². The smallest absolute Gasteiger partial charge is 0.246 e. The van der Waals surface area contributed by atoms with E-state index in [-0.39, 0.29) is 30.2 Å². The van der Waals surface area contributed by atoms with Gasteiger partial charge in [-0.3, -0.25) is 4.79 Å². The average molecular weight is 449 g/mol. The van der Waals surface area contributed by atoms with Crippen LogP contribution in [0.1, 0.15) is 31.2 Å². The molecule has 6 nitrogen and oxygen atoms in total. The Hall–Kier alpha value is -2.31. The first-order valence-corrected chi connectivity index (χ1v) is 10.4. The average Bonchev–Trinajstić information content (AvgIpc) is 3.26. The van der Waals surface area contributed by atoms with E-state index in [9.17, 15) is 4.79 Å². The maximum Gasteiger partial charge on any atom is 0.246 e. The van der Waals surface area contributed by atoms with Crippen molar-refractivity contribution in [3.05, 3.63) is 59.7 Å². The van der Waals surface area contributed by atoms with E-state index in [2.05, 4.69) is 17.1 Å². The number of ether oxygens (including phenoxy) is 1. The predicted molar refractivity (Wildman–Crippen MR) is 120 cm³/mol. The highest BCUT2D eigenvalue weighted by molar-refractivity contribution is 6.32. The molecule has 2 aliphatic rings. The zero-order valence-corrected chi connectivity index (χ0v) is 18.5. The zero-order valence-electron chi connectivity index (χ0n) is 16.9. The normalized spacial score (nSPS) is 20.4. The van der Waals surface area contributed by atoms with Gasteiger partial charge in [-0.15, -0.1) is 12.4 Å². The minimum absolute atomic E-state index is 0. The third-order valence-electron chi connectivity index (χ3n) is 5.63. The number of nitrogens with zero attached hydrogens (tertiary/aromatic N) is 4. The van der Waals surface area contributed by atoms with Crippen molar-refractivity contribution in [1.82, 2.24) is 14.6 Å². The standard InChI is InChI=1S/C22H25ClN4O2.ClH/c1-29-20-9-8-16(14-19(20)23)21-17-6-2-3-7-18(17)22(28)27(25-21)12-5-4-11-26-13-10-24-15-26;/h2-3,8-10,13-15,17-18H,4-7,11-12H2,1H3;1H.